The fourth-order valence-electron chi connectivity index (χ4n) is 5.98. The van der Waals surface area contributed by atoms with E-state index in [2.05, 4.69) is 13.5 Å². The molecule has 1 aromatic rings. The smallest absolute Gasteiger partial charge is 0.335 e. The second-order valence-electron chi connectivity index (χ2n) is 9.03. The SMILES string of the molecule is C=C1CCC2[C@](C)(CO)[C@H](O)CC[C@@]2(C)[C@@H]1CCc1ccccc1C(=O)O. The first-order valence-electron chi connectivity index (χ1n) is 10.0. The van der Waals surface area contributed by atoms with Crippen molar-refractivity contribution in [3.63, 3.8) is 0 Å². The van der Waals surface area contributed by atoms with E-state index in [0.717, 1.165) is 31.2 Å². The number of aliphatic hydroxyl groups is 2. The number of hydrogen-bond acceptors (Lipinski definition) is 3. The van der Waals surface area contributed by atoms with E-state index in [1.165, 1.54) is 5.57 Å². The molecule has 0 radical (unpaired) electrons. The van der Waals surface area contributed by atoms with E-state index < -0.39 is 17.5 Å². The van der Waals surface area contributed by atoms with Crippen molar-refractivity contribution < 1.29 is 20.1 Å². The number of aromatic carboxylic acids is 1. The van der Waals surface area contributed by atoms with Crippen LogP contribution in [-0.4, -0.2) is 34.0 Å². The minimum Gasteiger partial charge on any atom is -0.478 e. The number of allylic oxidation sites excluding steroid dienone is 1. The van der Waals surface area contributed by atoms with Crippen molar-refractivity contribution in [1.82, 2.24) is 0 Å². The molecule has 1 aromatic carbocycles. The van der Waals surface area contributed by atoms with Crippen LogP contribution in [0.25, 0.3) is 0 Å². The standard InChI is InChI=1S/C23H32O4/c1-15-8-11-19-22(2,13-12-20(25)23(19,3)14-24)18(15)10-9-16-6-4-5-7-17(16)21(26)27/h4-7,18-20,24-25H,1,8-14H2,2-3H3,(H,26,27)/t18-,19?,20-,22+,23+/m1/s1. The topological polar surface area (TPSA) is 77.8 Å². The average Bonchev–Trinajstić information content (AvgIpc) is 2.64. The maximum atomic E-state index is 11.5. The van der Waals surface area contributed by atoms with Gasteiger partial charge in [0, 0.05) is 5.41 Å². The number of benzene rings is 1. The number of aryl methyl sites for hydroxylation is 1. The zero-order valence-electron chi connectivity index (χ0n) is 16.4. The third-order valence-corrected chi connectivity index (χ3v) is 7.64. The molecular formula is C23H32O4. The summed E-state index contributed by atoms with van der Waals surface area (Å²) in [5.41, 5.74) is 1.97. The van der Waals surface area contributed by atoms with Gasteiger partial charge in [-0.15, -0.1) is 0 Å². The predicted molar refractivity (Wildman–Crippen MR) is 106 cm³/mol. The van der Waals surface area contributed by atoms with Crippen molar-refractivity contribution in [3.8, 4) is 0 Å². The predicted octanol–water partition coefficient (Wildman–Crippen LogP) is 4.06. The molecule has 3 N–H and O–H groups in total. The van der Waals surface area contributed by atoms with Gasteiger partial charge in [0.15, 0.2) is 0 Å². The van der Waals surface area contributed by atoms with Crippen LogP contribution in [0.4, 0.5) is 0 Å². The molecule has 2 saturated carbocycles. The summed E-state index contributed by atoms with van der Waals surface area (Å²) >= 11 is 0. The first-order valence-corrected chi connectivity index (χ1v) is 10.0. The Hall–Kier alpha value is -1.65. The molecule has 0 spiro atoms. The van der Waals surface area contributed by atoms with Gasteiger partial charge in [0.1, 0.15) is 0 Å². The van der Waals surface area contributed by atoms with E-state index in [1.54, 1.807) is 12.1 Å². The molecule has 0 heterocycles. The molecule has 0 saturated heterocycles. The van der Waals surface area contributed by atoms with Crippen LogP contribution in [-0.2, 0) is 6.42 Å². The van der Waals surface area contributed by atoms with E-state index in [-0.39, 0.29) is 23.9 Å². The molecule has 5 atom stereocenters. The van der Waals surface area contributed by atoms with Crippen molar-refractivity contribution in [3.05, 3.63) is 47.5 Å². The Morgan fingerprint density at radius 1 is 1.26 bits per heavy atom. The molecule has 4 nitrogen and oxygen atoms in total. The Labute approximate surface area is 161 Å². The van der Waals surface area contributed by atoms with Gasteiger partial charge in [0.25, 0.3) is 0 Å². The molecule has 27 heavy (non-hydrogen) atoms. The van der Waals surface area contributed by atoms with Crippen molar-refractivity contribution >= 4 is 5.97 Å². The number of rotatable bonds is 5. The molecule has 2 aliphatic rings. The van der Waals surface area contributed by atoms with Gasteiger partial charge in [-0.1, -0.05) is 44.2 Å². The average molecular weight is 373 g/mol. The fourth-order valence-corrected chi connectivity index (χ4v) is 5.98. The first kappa shape index (κ1) is 20.1. The van der Waals surface area contributed by atoms with Gasteiger partial charge in [0.05, 0.1) is 18.3 Å². The molecule has 1 unspecified atom stereocenters. The quantitative estimate of drug-likeness (QED) is 0.681. The van der Waals surface area contributed by atoms with Gasteiger partial charge < -0.3 is 15.3 Å². The van der Waals surface area contributed by atoms with E-state index in [1.807, 2.05) is 19.1 Å². The van der Waals surface area contributed by atoms with Crippen LogP contribution < -0.4 is 0 Å². The Balaban J connectivity index is 1.87. The lowest BCUT2D eigenvalue weighted by molar-refractivity contribution is -0.152. The van der Waals surface area contributed by atoms with Crippen molar-refractivity contribution in [2.45, 2.75) is 58.5 Å². The zero-order valence-corrected chi connectivity index (χ0v) is 16.4. The Bertz CT molecular complexity index is 727. The van der Waals surface area contributed by atoms with Crippen LogP contribution >= 0.6 is 0 Å². The fraction of sp³-hybridized carbons (Fsp3) is 0.609. The first-order chi connectivity index (χ1) is 12.7. The normalized spacial score (nSPS) is 36.3. The zero-order chi connectivity index (χ0) is 19.8. The molecule has 0 bridgehead atoms. The number of aliphatic hydroxyl groups excluding tert-OH is 2. The van der Waals surface area contributed by atoms with Gasteiger partial charge in [-0.3, -0.25) is 0 Å². The third-order valence-electron chi connectivity index (χ3n) is 7.64. The Kier molecular flexibility index (Phi) is 5.51. The third kappa shape index (κ3) is 3.34. The molecule has 2 aliphatic carbocycles. The molecule has 0 aromatic heterocycles. The minimum atomic E-state index is -0.884. The van der Waals surface area contributed by atoms with Crippen LogP contribution in [0.2, 0.25) is 0 Å². The maximum Gasteiger partial charge on any atom is 0.335 e. The van der Waals surface area contributed by atoms with E-state index in [9.17, 15) is 20.1 Å². The second-order valence-corrected chi connectivity index (χ2v) is 9.03. The summed E-state index contributed by atoms with van der Waals surface area (Å²) < 4.78 is 0. The van der Waals surface area contributed by atoms with Crippen LogP contribution in [0.1, 0.15) is 61.9 Å². The van der Waals surface area contributed by atoms with Gasteiger partial charge in [0.2, 0.25) is 0 Å². The second kappa shape index (κ2) is 7.40. The molecule has 2 fully saturated rings. The Morgan fingerprint density at radius 3 is 2.63 bits per heavy atom. The highest BCUT2D eigenvalue weighted by atomic mass is 16.4. The molecule has 4 heteroatoms. The van der Waals surface area contributed by atoms with Crippen molar-refractivity contribution in [1.29, 1.82) is 0 Å². The van der Waals surface area contributed by atoms with Gasteiger partial charge >= 0.3 is 5.97 Å². The van der Waals surface area contributed by atoms with Gasteiger partial charge in [-0.25, -0.2) is 4.79 Å². The summed E-state index contributed by atoms with van der Waals surface area (Å²) in [6.07, 6.45) is 4.55. The molecule has 0 amide bonds. The molecule has 148 valence electrons. The molecular weight excluding hydrogens is 340 g/mol. The number of fused-ring (bicyclic) bond motifs is 1. The van der Waals surface area contributed by atoms with E-state index in [0.29, 0.717) is 18.4 Å². The van der Waals surface area contributed by atoms with E-state index in [4.69, 9.17) is 0 Å². The number of hydrogen-bond donors (Lipinski definition) is 3. The number of carboxylic acid groups (broad SMARTS) is 1. The van der Waals surface area contributed by atoms with Gasteiger partial charge in [-0.2, -0.15) is 0 Å². The van der Waals surface area contributed by atoms with Crippen LogP contribution in [0.15, 0.2) is 36.4 Å². The molecule has 0 aliphatic heterocycles. The van der Waals surface area contributed by atoms with Gasteiger partial charge in [-0.05, 0) is 67.4 Å². The Morgan fingerprint density at radius 2 is 1.96 bits per heavy atom. The lowest BCUT2D eigenvalue weighted by atomic mass is 9.46. The largest absolute Gasteiger partial charge is 0.478 e. The van der Waals surface area contributed by atoms with Crippen LogP contribution in [0, 0.1) is 22.7 Å². The lowest BCUT2D eigenvalue weighted by Crippen LogP contribution is -2.57. The summed E-state index contributed by atoms with van der Waals surface area (Å²) in [5, 5.41) is 30.1. The summed E-state index contributed by atoms with van der Waals surface area (Å²) in [5.74, 6) is -0.369. The number of carbonyl (C=O) groups is 1. The summed E-state index contributed by atoms with van der Waals surface area (Å²) in [6, 6.07) is 7.22. The number of carboxylic acids is 1. The van der Waals surface area contributed by atoms with E-state index >= 15 is 0 Å². The minimum absolute atomic E-state index is 0.00450. The highest BCUT2D eigenvalue weighted by molar-refractivity contribution is 5.89. The van der Waals surface area contributed by atoms with Crippen molar-refractivity contribution in [2.75, 3.05) is 6.61 Å². The summed E-state index contributed by atoms with van der Waals surface area (Å²) in [4.78, 5) is 11.5. The lowest BCUT2D eigenvalue weighted by Gasteiger charge is -2.60. The van der Waals surface area contributed by atoms with Crippen LogP contribution in [0.3, 0.4) is 0 Å². The summed E-state index contributed by atoms with van der Waals surface area (Å²) in [6.45, 7) is 8.65. The highest BCUT2D eigenvalue weighted by Crippen LogP contribution is 2.61. The maximum absolute atomic E-state index is 11.5. The summed E-state index contributed by atoms with van der Waals surface area (Å²) in [7, 11) is 0. The molecule has 3 rings (SSSR count). The van der Waals surface area contributed by atoms with Crippen LogP contribution in [0.5, 0.6) is 0 Å². The highest BCUT2D eigenvalue weighted by Gasteiger charge is 2.57. The van der Waals surface area contributed by atoms with Crippen molar-refractivity contribution in [2.24, 2.45) is 22.7 Å². The monoisotopic (exact) mass is 372 g/mol.